The molecule has 0 saturated heterocycles. The number of hydrogen-bond donors (Lipinski definition) is 1. The van der Waals surface area contributed by atoms with Gasteiger partial charge in [0.25, 0.3) is 5.91 Å². The SMILES string of the molecule is CN1CCN(C(=O)c2ccc(N)cc2Cl)c2ccccc21. The lowest BCUT2D eigenvalue weighted by molar-refractivity contribution is 0.0987. The summed E-state index contributed by atoms with van der Waals surface area (Å²) < 4.78 is 0. The summed E-state index contributed by atoms with van der Waals surface area (Å²) in [7, 11) is 2.02. The zero-order chi connectivity index (χ0) is 15.0. The number of carbonyl (C=O) groups excluding carboxylic acids is 1. The molecule has 108 valence electrons. The molecule has 21 heavy (non-hydrogen) atoms. The molecule has 5 heteroatoms. The Bertz CT molecular complexity index is 702. The fraction of sp³-hybridized carbons (Fsp3) is 0.188. The molecule has 0 spiro atoms. The van der Waals surface area contributed by atoms with Gasteiger partial charge in [-0.3, -0.25) is 4.79 Å². The molecule has 1 heterocycles. The Morgan fingerprint density at radius 1 is 1.14 bits per heavy atom. The fourth-order valence-electron chi connectivity index (χ4n) is 2.57. The minimum absolute atomic E-state index is 0.0967. The molecule has 0 radical (unpaired) electrons. The lowest BCUT2D eigenvalue weighted by Gasteiger charge is -2.35. The molecule has 3 rings (SSSR count). The Morgan fingerprint density at radius 3 is 2.57 bits per heavy atom. The molecule has 0 saturated carbocycles. The molecular formula is C16H16ClN3O. The number of hydrogen-bond acceptors (Lipinski definition) is 3. The first-order valence-electron chi connectivity index (χ1n) is 6.75. The van der Waals surface area contributed by atoms with Crippen molar-refractivity contribution in [1.29, 1.82) is 0 Å². The van der Waals surface area contributed by atoms with E-state index in [1.54, 1.807) is 23.1 Å². The average Bonchev–Trinajstić information content (AvgIpc) is 2.47. The number of likely N-dealkylation sites (N-methyl/N-ethyl adjacent to an activating group) is 1. The van der Waals surface area contributed by atoms with Crippen molar-refractivity contribution in [1.82, 2.24) is 0 Å². The number of halogens is 1. The van der Waals surface area contributed by atoms with Gasteiger partial charge >= 0.3 is 0 Å². The van der Waals surface area contributed by atoms with E-state index in [0.29, 0.717) is 22.8 Å². The third-order valence-electron chi connectivity index (χ3n) is 3.71. The molecule has 2 aromatic carbocycles. The molecular weight excluding hydrogens is 286 g/mol. The predicted octanol–water partition coefficient (Wildman–Crippen LogP) is 3.02. The summed E-state index contributed by atoms with van der Waals surface area (Å²) in [5.74, 6) is -0.0967. The van der Waals surface area contributed by atoms with Crippen LogP contribution in [0.3, 0.4) is 0 Å². The van der Waals surface area contributed by atoms with Crippen LogP contribution in [-0.2, 0) is 0 Å². The number of para-hydroxylation sites is 2. The van der Waals surface area contributed by atoms with E-state index in [4.69, 9.17) is 17.3 Å². The first-order chi connectivity index (χ1) is 10.1. The maximum Gasteiger partial charge on any atom is 0.259 e. The number of fused-ring (bicyclic) bond motifs is 1. The summed E-state index contributed by atoms with van der Waals surface area (Å²) in [6.45, 7) is 1.42. The highest BCUT2D eigenvalue weighted by Crippen LogP contribution is 2.33. The first kappa shape index (κ1) is 13.8. The molecule has 1 aliphatic heterocycles. The molecule has 1 aliphatic rings. The maximum absolute atomic E-state index is 12.8. The highest BCUT2D eigenvalue weighted by atomic mass is 35.5. The van der Waals surface area contributed by atoms with Crippen LogP contribution in [0.5, 0.6) is 0 Å². The van der Waals surface area contributed by atoms with Crippen LogP contribution in [0.2, 0.25) is 5.02 Å². The lowest BCUT2D eigenvalue weighted by atomic mass is 10.1. The van der Waals surface area contributed by atoms with Crippen molar-refractivity contribution in [3.05, 3.63) is 53.1 Å². The third-order valence-corrected chi connectivity index (χ3v) is 4.02. The molecule has 2 aromatic rings. The topological polar surface area (TPSA) is 49.6 Å². The normalized spacial score (nSPS) is 14.0. The van der Waals surface area contributed by atoms with Gasteiger partial charge in [-0.15, -0.1) is 0 Å². The largest absolute Gasteiger partial charge is 0.399 e. The molecule has 4 nitrogen and oxygen atoms in total. The minimum Gasteiger partial charge on any atom is -0.399 e. The van der Waals surface area contributed by atoms with Crippen LogP contribution in [0.25, 0.3) is 0 Å². The molecule has 0 aromatic heterocycles. The number of nitrogens with zero attached hydrogens (tertiary/aromatic N) is 2. The second-order valence-corrected chi connectivity index (χ2v) is 5.51. The van der Waals surface area contributed by atoms with Gasteiger partial charge in [0.15, 0.2) is 0 Å². The van der Waals surface area contributed by atoms with Crippen molar-refractivity contribution in [2.75, 3.05) is 35.7 Å². The Kier molecular flexibility index (Phi) is 3.47. The van der Waals surface area contributed by atoms with E-state index in [2.05, 4.69) is 4.90 Å². The summed E-state index contributed by atoms with van der Waals surface area (Å²) in [6, 6.07) is 12.9. The summed E-state index contributed by atoms with van der Waals surface area (Å²) >= 11 is 6.16. The van der Waals surface area contributed by atoms with Gasteiger partial charge in [0.05, 0.1) is 22.0 Å². The predicted molar refractivity (Wildman–Crippen MR) is 87.3 cm³/mol. The Morgan fingerprint density at radius 2 is 1.86 bits per heavy atom. The zero-order valence-corrected chi connectivity index (χ0v) is 12.5. The van der Waals surface area contributed by atoms with Crippen molar-refractivity contribution in [2.24, 2.45) is 0 Å². The van der Waals surface area contributed by atoms with Gasteiger partial charge in [0.2, 0.25) is 0 Å². The van der Waals surface area contributed by atoms with Crippen molar-refractivity contribution in [3.8, 4) is 0 Å². The highest BCUT2D eigenvalue weighted by molar-refractivity contribution is 6.35. The first-order valence-corrected chi connectivity index (χ1v) is 7.13. The van der Waals surface area contributed by atoms with Crippen LogP contribution in [0.15, 0.2) is 42.5 Å². The number of amides is 1. The Hall–Kier alpha value is -2.20. The number of carbonyl (C=O) groups is 1. The van der Waals surface area contributed by atoms with Gasteiger partial charge in [-0.2, -0.15) is 0 Å². The quantitative estimate of drug-likeness (QED) is 0.824. The lowest BCUT2D eigenvalue weighted by Crippen LogP contribution is -2.42. The monoisotopic (exact) mass is 301 g/mol. The van der Waals surface area contributed by atoms with Gasteiger partial charge in [0.1, 0.15) is 0 Å². The molecule has 0 fully saturated rings. The van der Waals surface area contributed by atoms with E-state index >= 15 is 0 Å². The van der Waals surface area contributed by atoms with E-state index in [-0.39, 0.29) is 5.91 Å². The minimum atomic E-state index is -0.0967. The fourth-order valence-corrected chi connectivity index (χ4v) is 2.84. The maximum atomic E-state index is 12.8. The van der Waals surface area contributed by atoms with E-state index in [1.807, 2.05) is 31.3 Å². The van der Waals surface area contributed by atoms with Crippen molar-refractivity contribution in [3.63, 3.8) is 0 Å². The third kappa shape index (κ3) is 2.43. The van der Waals surface area contributed by atoms with Gasteiger partial charge in [-0.25, -0.2) is 0 Å². The van der Waals surface area contributed by atoms with E-state index in [9.17, 15) is 4.79 Å². The number of nitrogen functional groups attached to an aromatic ring is 1. The van der Waals surface area contributed by atoms with Crippen LogP contribution in [0, 0.1) is 0 Å². The van der Waals surface area contributed by atoms with Crippen LogP contribution in [0.1, 0.15) is 10.4 Å². The van der Waals surface area contributed by atoms with E-state index in [1.165, 1.54) is 0 Å². The zero-order valence-electron chi connectivity index (χ0n) is 11.7. The van der Waals surface area contributed by atoms with Gasteiger partial charge in [-0.05, 0) is 30.3 Å². The van der Waals surface area contributed by atoms with E-state index < -0.39 is 0 Å². The smallest absolute Gasteiger partial charge is 0.259 e. The van der Waals surface area contributed by atoms with Gasteiger partial charge in [0, 0.05) is 25.8 Å². The molecule has 0 aliphatic carbocycles. The van der Waals surface area contributed by atoms with Crippen molar-refractivity contribution in [2.45, 2.75) is 0 Å². The summed E-state index contributed by atoms with van der Waals surface area (Å²) in [5, 5.41) is 0.386. The second-order valence-electron chi connectivity index (χ2n) is 5.11. The summed E-state index contributed by atoms with van der Waals surface area (Å²) in [5.41, 5.74) is 8.66. The van der Waals surface area contributed by atoms with Gasteiger partial charge in [-0.1, -0.05) is 23.7 Å². The summed E-state index contributed by atoms with van der Waals surface area (Å²) in [4.78, 5) is 16.7. The average molecular weight is 302 g/mol. The van der Waals surface area contributed by atoms with Crippen LogP contribution < -0.4 is 15.5 Å². The molecule has 1 amide bonds. The molecule has 0 atom stereocenters. The molecule has 0 bridgehead atoms. The van der Waals surface area contributed by atoms with Crippen LogP contribution >= 0.6 is 11.6 Å². The van der Waals surface area contributed by atoms with Crippen molar-refractivity contribution < 1.29 is 4.79 Å². The van der Waals surface area contributed by atoms with Crippen molar-refractivity contribution >= 4 is 34.6 Å². The number of benzene rings is 2. The highest BCUT2D eigenvalue weighted by Gasteiger charge is 2.26. The number of rotatable bonds is 1. The van der Waals surface area contributed by atoms with Crippen LogP contribution in [0.4, 0.5) is 17.1 Å². The molecule has 2 N–H and O–H groups in total. The molecule has 0 unspecified atom stereocenters. The second kappa shape index (κ2) is 5.30. The van der Waals surface area contributed by atoms with E-state index in [0.717, 1.165) is 17.9 Å². The number of anilines is 3. The standard InChI is InChI=1S/C16H16ClN3O/c1-19-8-9-20(15-5-3-2-4-14(15)19)16(21)12-7-6-11(18)10-13(12)17/h2-7,10H,8-9,18H2,1H3. The van der Waals surface area contributed by atoms with Crippen LogP contribution in [-0.4, -0.2) is 26.0 Å². The Labute approximate surface area is 128 Å². The Balaban J connectivity index is 2.01. The summed E-state index contributed by atoms with van der Waals surface area (Å²) in [6.07, 6.45) is 0. The van der Waals surface area contributed by atoms with Gasteiger partial charge < -0.3 is 15.5 Å². The number of nitrogens with two attached hydrogens (primary N) is 1.